The second-order valence-electron chi connectivity index (χ2n) is 5.66. The summed E-state index contributed by atoms with van der Waals surface area (Å²) in [6, 6.07) is 5.93. The van der Waals surface area contributed by atoms with E-state index in [1.54, 1.807) is 12.4 Å². The molecule has 0 bridgehead atoms. The average Bonchev–Trinajstić information content (AvgIpc) is 2.50. The Morgan fingerprint density at radius 1 is 1.32 bits per heavy atom. The van der Waals surface area contributed by atoms with Crippen molar-refractivity contribution in [1.82, 2.24) is 9.88 Å². The first-order valence-corrected chi connectivity index (χ1v) is 8.06. The van der Waals surface area contributed by atoms with Crippen molar-refractivity contribution in [1.29, 1.82) is 0 Å². The quantitative estimate of drug-likeness (QED) is 0.815. The normalized spacial score (nSPS) is 16.5. The Balaban J connectivity index is 0.00000176. The number of aromatic nitrogens is 1. The van der Waals surface area contributed by atoms with Crippen molar-refractivity contribution in [2.75, 3.05) is 19.6 Å². The van der Waals surface area contributed by atoms with E-state index in [1.807, 2.05) is 12.1 Å². The Hall–Kier alpha value is -1.03. The van der Waals surface area contributed by atoms with Crippen LogP contribution < -0.4 is 4.74 Å². The molecule has 0 N–H and O–H groups in total. The topological polar surface area (TPSA) is 25.4 Å². The van der Waals surface area contributed by atoms with Crippen molar-refractivity contribution in [3.8, 4) is 5.75 Å². The number of rotatable bonds is 4. The number of hydrogen-bond acceptors (Lipinski definition) is 3. The van der Waals surface area contributed by atoms with E-state index in [9.17, 15) is 0 Å². The monoisotopic (exact) mass is 340 g/mol. The first-order valence-electron chi connectivity index (χ1n) is 7.68. The highest BCUT2D eigenvalue weighted by Crippen LogP contribution is 2.30. The number of fused-ring (bicyclic) bond motifs is 1. The molecule has 0 radical (unpaired) electrons. The molecular weight excluding hydrogens is 319 g/mol. The zero-order chi connectivity index (χ0) is 14.7. The average molecular weight is 341 g/mol. The molecule has 3 rings (SSSR count). The molecule has 0 aliphatic carbocycles. The summed E-state index contributed by atoms with van der Waals surface area (Å²) in [7, 11) is 0. The molecule has 0 saturated carbocycles. The lowest BCUT2D eigenvalue weighted by molar-refractivity contribution is 0.101. The fourth-order valence-electron chi connectivity index (χ4n) is 2.96. The third-order valence-electron chi connectivity index (χ3n) is 4.06. The minimum Gasteiger partial charge on any atom is -0.490 e. The second kappa shape index (κ2) is 8.00. The van der Waals surface area contributed by atoms with Crippen molar-refractivity contribution < 1.29 is 4.74 Å². The van der Waals surface area contributed by atoms with E-state index in [1.165, 1.54) is 13.0 Å². The van der Waals surface area contributed by atoms with Crippen molar-refractivity contribution in [2.24, 2.45) is 0 Å². The smallest absolute Gasteiger partial charge is 0.121 e. The third kappa shape index (κ3) is 4.03. The van der Waals surface area contributed by atoms with Gasteiger partial charge in [0.05, 0.1) is 5.02 Å². The van der Waals surface area contributed by atoms with Gasteiger partial charge in [-0.1, -0.05) is 18.5 Å². The number of ether oxygens (including phenoxy) is 1. The van der Waals surface area contributed by atoms with E-state index in [-0.39, 0.29) is 12.4 Å². The van der Waals surface area contributed by atoms with Crippen molar-refractivity contribution in [3.05, 3.63) is 35.6 Å². The molecule has 0 spiro atoms. The lowest BCUT2D eigenvalue weighted by Gasteiger charge is -2.31. The van der Waals surface area contributed by atoms with Crippen LogP contribution in [0.5, 0.6) is 5.75 Å². The summed E-state index contributed by atoms with van der Waals surface area (Å²) in [5.41, 5.74) is 0. The molecule has 22 heavy (non-hydrogen) atoms. The molecule has 120 valence electrons. The van der Waals surface area contributed by atoms with Crippen LogP contribution in [-0.4, -0.2) is 35.6 Å². The first-order chi connectivity index (χ1) is 10.3. The van der Waals surface area contributed by atoms with E-state index >= 15 is 0 Å². The summed E-state index contributed by atoms with van der Waals surface area (Å²) in [5.74, 6) is 0.868. The van der Waals surface area contributed by atoms with Crippen LogP contribution in [0.1, 0.15) is 26.2 Å². The maximum Gasteiger partial charge on any atom is 0.121 e. The van der Waals surface area contributed by atoms with Crippen LogP contribution in [0, 0.1) is 0 Å². The van der Waals surface area contributed by atoms with Crippen LogP contribution in [0.25, 0.3) is 10.8 Å². The van der Waals surface area contributed by atoms with Gasteiger partial charge >= 0.3 is 0 Å². The molecular formula is C17H22Cl2N2O. The molecule has 1 fully saturated rings. The van der Waals surface area contributed by atoms with E-state index in [0.29, 0.717) is 11.1 Å². The highest BCUT2D eigenvalue weighted by atomic mass is 35.5. The third-order valence-corrected chi connectivity index (χ3v) is 4.37. The van der Waals surface area contributed by atoms with E-state index in [0.717, 1.165) is 42.5 Å². The van der Waals surface area contributed by atoms with E-state index < -0.39 is 0 Å². The van der Waals surface area contributed by atoms with Crippen molar-refractivity contribution >= 4 is 34.8 Å². The maximum absolute atomic E-state index is 6.32. The maximum atomic E-state index is 6.32. The van der Waals surface area contributed by atoms with Crippen LogP contribution in [0.3, 0.4) is 0 Å². The SMILES string of the molecule is CCCN1CCC(Oc2cc(Cl)c3cnccc3c2)CC1.Cl. The Morgan fingerprint density at radius 2 is 2.09 bits per heavy atom. The van der Waals surface area contributed by atoms with Gasteiger partial charge < -0.3 is 9.64 Å². The molecule has 3 nitrogen and oxygen atoms in total. The predicted octanol–water partition coefficient (Wildman–Crippen LogP) is 4.56. The lowest BCUT2D eigenvalue weighted by atomic mass is 10.1. The number of hydrogen-bond donors (Lipinski definition) is 0. The molecule has 1 saturated heterocycles. The number of nitrogens with zero attached hydrogens (tertiary/aromatic N) is 2. The molecule has 0 unspecified atom stereocenters. The zero-order valence-corrected chi connectivity index (χ0v) is 14.4. The van der Waals surface area contributed by atoms with Gasteiger partial charge in [-0.2, -0.15) is 0 Å². The Labute approximate surface area is 143 Å². The van der Waals surface area contributed by atoms with Crippen molar-refractivity contribution in [3.63, 3.8) is 0 Å². The van der Waals surface area contributed by atoms with Crippen molar-refractivity contribution in [2.45, 2.75) is 32.3 Å². The van der Waals surface area contributed by atoms with Gasteiger partial charge in [0.15, 0.2) is 0 Å². The molecule has 0 amide bonds. The molecule has 2 heterocycles. The molecule has 1 aromatic carbocycles. The molecule has 2 aromatic rings. The fourth-order valence-corrected chi connectivity index (χ4v) is 3.22. The largest absolute Gasteiger partial charge is 0.490 e. The van der Waals surface area contributed by atoms with Crippen LogP contribution >= 0.6 is 24.0 Å². The lowest BCUT2D eigenvalue weighted by Crippen LogP contribution is -2.38. The van der Waals surface area contributed by atoms with Gasteiger partial charge in [0.1, 0.15) is 11.9 Å². The van der Waals surface area contributed by atoms with Gasteiger partial charge in [0, 0.05) is 30.9 Å². The van der Waals surface area contributed by atoms with E-state index in [2.05, 4.69) is 22.9 Å². The minimum absolute atomic E-state index is 0. The minimum atomic E-state index is 0. The summed E-state index contributed by atoms with van der Waals surface area (Å²) in [4.78, 5) is 6.63. The summed E-state index contributed by atoms with van der Waals surface area (Å²) >= 11 is 6.32. The Bertz CT molecular complexity index is 613. The number of piperidine rings is 1. The molecule has 5 heteroatoms. The van der Waals surface area contributed by atoms with Gasteiger partial charge in [0.25, 0.3) is 0 Å². The Morgan fingerprint density at radius 3 is 2.82 bits per heavy atom. The van der Waals surface area contributed by atoms with Gasteiger partial charge in [-0.3, -0.25) is 4.98 Å². The van der Waals surface area contributed by atoms with Gasteiger partial charge in [0.2, 0.25) is 0 Å². The molecule has 1 aliphatic heterocycles. The molecule has 1 aliphatic rings. The van der Waals surface area contributed by atoms with Gasteiger partial charge in [-0.15, -0.1) is 12.4 Å². The molecule has 1 aromatic heterocycles. The number of benzene rings is 1. The highest BCUT2D eigenvalue weighted by molar-refractivity contribution is 6.35. The highest BCUT2D eigenvalue weighted by Gasteiger charge is 2.20. The summed E-state index contributed by atoms with van der Waals surface area (Å²) in [6.07, 6.45) is 7.28. The van der Waals surface area contributed by atoms with Crippen LogP contribution in [-0.2, 0) is 0 Å². The number of pyridine rings is 1. The fraction of sp³-hybridized carbons (Fsp3) is 0.471. The van der Waals surface area contributed by atoms with E-state index in [4.69, 9.17) is 16.3 Å². The standard InChI is InChI=1S/C17H21ClN2O.ClH/c1-2-7-20-8-4-14(5-9-20)21-15-10-13-3-6-19-12-16(13)17(18)11-15;/h3,6,10-12,14H,2,4-5,7-9H2,1H3;1H. The number of halogens is 2. The van der Waals surface area contributed by atoms with Crippen LogP contribution in [0.2, 0.25) is 5.02 Å². The van der Waals surface area contributed by atoms with Crippen LogP contribution in [0.15, 0.2) is 30.6 Å². The second-order valence-corrected chi connectivity index (χ2v) is 6.07. The summed E-state index contributed by atoms with van der Waals surface area (Å²) in [5, 5.41) is 2.76. The predicted molar refractivity (Wildman–Crippen MR) is 94.4 cm³/mol. The van der Waals surface area contributed by atoms with Gasteiger partial charge in [-0.25, -0.2) is 0 Å². The van der Waals surface area contributed by atoms with Gasteiger partial charge in [-0.05, 0) is 49.4 Å². The number of likely N-dealkylation sites (tertiary alicyclic amines) is 1. The zero-order valence-electron chi connectivity index (χ0n) is 12.8. The summed E-state index contributed by atoms with van der Waals surface area (Å²) < 4.78 is 6.14. The molecule has 0 atom stereocenters. The first kappa shape index (κ1) is 17.3. The summed E-state index contributed by atoms with van der Waals surface area (Å²) in [6.45, 7) is 5.68. The van der Waals surface area contributed by atoms with Crippen LogP contribution in [0.4, 0.5) is 0 Å². The Kier molecular flexibility index (Phi) is 6.30.